The average molecular weight is 321 g/mol. The number of rotatable bonds is 4. The summed E-state index contributed by atoms with van der Waals surface area (Å²) in [6.07, 6.45) is 0. The quantitative estimate of drug-likeness (QED) is 0.703. The minimum absolute atomic E-state index is 0.221. The highest BCUT2D eigenvalue weighted by Gasteiger charge is 2.09. The molecule has 0 saturated heterocycles. The van der Waals surface area contributed by atoms with Crippen LogP contribution in [0.25, 0.3) is 11.5 Å². The molecule has 0 spiro atoms. The van der Waals surface area contributed by atoms with Crippen LogP contribution in [0.1, 0.15) is 5.82 Å². The maximum atomic E-state index is 5.84. The molecule has 0 unspecified atom stereocenters. The third kappa shape index (κ3) is 3.54. The SMILES string of the molecule is Clc1ccc(OCc2noc(-c3ccc(Cl)cc3)n2)cc1. The monoisotopic (exact) mass is 320 g/mol. The van der Waals surface area contributed by atoms with Gasteiger partial charge in [0, 0.05) is 15.6 Å². The van der Waals surface area contributed by atoms with Crippen molar-refractivity contribution in [2.75, 3.05) is 0 Å². The van der Waals surface area contributed by atoms with Gasteiger partial charge in [-0.05, 0) is 48.5 Å². The van der Waals surface area contributed by atoms with Crippen LogP contribution in [0, 0.1) is 0 Å². The van der Waals surface area contributed by atoms with Gasteiger partial charge in [-0.3, -0.25) is 0 Å². The molecular weight excluding hydrogens is 311 g/mol. The largest absolute Gasteiger partial charge is 0.485 e. The van der Waals surface area contributed by atoms with E-state index in [-0.39, 0.29) is 6.61 Å². The lowest BCUT2D eigenvalue weighted by Gasteiger charge is -2.02. The summed E-state index contributed by atoms with van der Waals surface area (Å²) >= 11 is 11.6. The van der Waals surface area contributed by atoms with Gasteiger partial charge in [0.1, 0.15) is 5.75 Å². The third-order valence-electron chi connectivity index (χ3n) is 2.74. The first-order valence-corrected chi connectivity index (χ1v) is 6.93. The van der Waals surface area contributed by atoms with Gasteiger partial charge in [0.05, 0.1) is 0 Å². The predicted molar refractivity (Wildman–Crippen MR) is 80.5 cm³/mol. The lowest BCUT2D eigenvalue weighted by molar-refractivity contribution is 0.287. The second kappa shape index (κ2) is 6.16. The van der Waals surface area contributed by atoms with Crippen molar-refractivity contribution in [3.05, 3.63) is 64.4 Å². The number of halogens is 2. The van der Waals surface area contributed by atoms with Crippen molar-refractivity contribution in [3.63, 3.8) is 0 Å². The number of nitrogens with zero attached hydrogens (tertiary/aromatic N) is 2. The molecule has 1 heterocycles. The zero-order chi connectivity index (χ0) is 14.7. The highest BCUT2D eigenvalue weighted by Crippen LogP contribution is 2.20. The number of aromatic nitrogens is 2. The molecule has 3 aromatic rings. The molecule has 6 heteroatoms. The Labute approximate surface area is 131 Å². The normalized spacial score (nSPS) is 10.6. The van der Waals surface area contributed by atoms with Crippen LogP contribution in [-0.2, 0) is 6.61 Å². The fourth-order valence-electron chi connectivity index (χ4n) is 1.70. The summed E-state index contributed by atoms with van der Waals surface area (Å²) in [4.78, 5) is 4.27. The van der Waals surface area contributed by atoms with E-state index in [0.29, 0.717) is 27.5 Å². The standard InChI is InChI=1S/C15H10Cl2N2O2/c16-11-3-1-10(2-4-11)15-18-14(19-21-15)9-20-13-7-5-12(17)6-8-13/h1-8H,9H2. The van der Waals surface area contributed by atoms with Gasteiger partial charge in [0.25, 0.3) is 5.89 Å². The Bertz CT molecular complexity index is 724. The molecule has 0 amide bonds. The van der Waals surface area contributed by atoms with E-state index in [9.17, 15) is 0 Å². The molecule has 0 atom stereocenters. The summed E-state index contributed by atoms with van der Waals surface area (Å²) in [5, 5.41) is 5.19. The van der Waals surface area contributed by atoms with Crippen molar-refractivity contribution in [2.24, 2.45) is 0 Å². The fourth-order valence-corrected chi connectivity index (χ4v) is 1.95. The molecule has 4 nitrogen and oxygen atoms in total. The molecule has 0 fully saturated rings. The number of hydrogen-bond acceptors (Lipinski definition) is 4. The zero-order valence-electron chi connectivity index (χ0n) is 10.8. The van der Waals surface area contributed by atoms with Gasteiger partial charge in [-0.15, -0.1) is 0 Å². The van der Waals surface area contributed by atoms with E-state index in [4.69, 9.17) is 32.5 Å². The summed E-state index contributed by atoms with van der Waals surface area (Å²) in [7, 11) is 0. The summed E-state index contributed by atoms with van der Waals surface area (Å²) in [6.45, 7) is 0.221. The number of hydrogen-bond donors (Lipinski definition) is 0. The van der Waals surface area contributed by atoms with E-state index in [0.717, 1.165) is 5.56 Å². The Hall–Kier alpha value is -2.04. The smallest absolute Gasteiger partial charge is 0.258 e. The maximum absolute atomic E-state index is 5.84. The molecule has 0 bridgehead atoms. The maximum Gasteiger partial charge on any atom is 0.258 e. The van der Waals surface area contributed by atoms with Gasteiger partial charge in [-0.25, -0.2) is 0 Å². The molecule has 0 aliphatic carbocycles. The van der Waals surface area contributed by atoms with Gasteiger partial charge in [-0.2, -0.15) is 4.98 Å². The Morgan fingerprint density at radius 3 is 2.19 bits per heavy atom. The lowest BCUT2D eigenvalue weighted by atomic mass is 10.2. The van der Waals surface area contributed by atoms with Gasteiger partial charge in [0.15, 0.2) is 6.61 Å². The van der Waals surface area contributed by atoms with Crippen LogP contribution in [-0.4, -0.2) is 10.1 Å². The van der Waals surface area contributed by atoms with E-state index >= 15 is 0 Å². The third-order valence-corrected chi connectivity index (χ3v) is 3.24. The van der Waals surface area contributed by atoms with Crippen molar-refractivity contribution in [1.82, 2.24) is 10.1 Å². The molecule has 21 heavy (non-hydrogen) atoms. The first kappa shape index (κ1) is 13.9. The van der Waals surface area contributed by atoms with Crippen LogP contribution in [0.15, 0.2) is 53.1 Å². The molecule has 0 saturated carbocycles. The number of benzene rings is 2. The molecule has 0 N–H and O–H groups in total. The van der Waals surface area contributed by atoms with Crippen LogP contribution in [0.5, 0.6) is 5.75 Å². The van der Waals surface area contributed by atoms with E-state index in [1.165, 1.54) is 0 Å². The lowest BCUT2D eigenvalue weighted by Crippen LogP contribution is -1.97. The Morgan fingerprint density at radius 1 is 0.905 bits per heavy atom. The van der Waals surface area contributed by atoms with Crippen LogP contribution in [0.2, 0.25) is 10.0 Å². The van der Waals surface area contributed by atoms with Gasteiger partial charge < -0.3 is 9.26 Å². The topological polar surface area (TPSA) is 48.2 Å². The van der Waals surface area contributed by atoms with E-state index in [2.05, 4.69) is 10.1 Å². The molecule has 2 aromatic carbocycles. The highest BCUT2D eigenvalue weighted by molar-refractivity contribution is 6.30. The van der Waals surface area contributed by atoms with Gasteiger partial charge in [-0.1, -0.05) is 28.4 Å². The van der Waals surface area contributed by atoms with Crippen molar-refractivity contribution >= 4 is 23.2 Å². The summed E-state index contributed by atoms with van der Waals surface area (Å²) < 4.78 is 10.7. The molecule has 3 rings (SSSR count). The molecule has 106 valence electrons. The van der Waals surface area contributed by atoms with Crippen molar-refractivity contribution < 1.29 is 9.26 Å². The van der Waals surface area contributed by atoms with Crippen molar-refractivity contribution in [1.29, 1.82) is 0 Å². The Kier molecular flexibility index (Phi) is 4.08. The number of ether oxygens (including phenoxy) is 1. The van der Waals surface area contributed by atoms with E-state index < -0.39 is 0 Å². The summed E-state index contributed by atoms with van der Waals surface area (Å²) in [5.41, 5.74) is 0.810. The Balaban J connectivity index is 1.67. The summed E-state index contributed by atoms with van der Waals surface area (Å²) in [5.74, 6) is 1.59. The predicted octanol–water partition coefficient (Wildman–Crippen LogP) is 4.62. The second-order valence-electron chi connectivity index (χ2n) is 4.27. The molecule has 0 aliphatic rings. The molecular formula is C15H10Cl2N2O2. The molecule has 0 aliphatic heterocycles. The zero-order valence-corrected chi connectivity index (χ0v) is 12.3. The second-order valence-corrected chi connectivity index (χ2v) is 5.14. The fraction of sp³-hybridized carbons (Fsp3) is 0.0667. The minimum Gasteiger partial charge on any atom is -0.485 e. The molecule has 0 radical (unpaired) electrons. The van der Waals surface area contributed by atoms with Crippen LogP contribution in [0.4, 0.5) is 0 Å². The van der Waals surface area contributed by atoms with Crippen LogP contribution < -0.4 is 4.74 Å². The van der Waals surface area contributed by atoms with Crippen LogP contribution in [0.3, 0.4) is 0 Å². The van der Waals surface area contributed by atoms with E-state index in [1.54, 1.807) is 36.4 Å². The van der Waals surface area contributed by atoms with E-state index in [1.807, 2.05) is 12.1 Å². The minimum atomic E-state index is 0.221. The molecule has 1 aromatic heterocycles. The first-order valence-electron chi connectivity index (χ1n) is 6.17. The average Bonchev–Trinajstić information content (AvgIpc) is 2.96. The summed E-state index contributed by atoms with van der Waals surface area (Å²) in [6, 6.07) is 14.2. The van der Waals surface area contributed by atoms with Crippen molar-refractivity contribution in [3.8, 4) is 17.2 Å². The first-order chi connectivity index (χ1) is 10.2. The highest BCUT2D eigenvalue weighted by atomic mass is 35.5. The van der Waals surface area contributed by atoms with Gasteiger partial charge >= 0.3 is 0 Å². The Morgan fingerprint density at radius 2 is 1.52 bits per heavy atom. The van der Waals surface area contributed by atoms with Gasteiger partial charge in [0.2, 0.25) is 5.82 Å². The van der Waals surface area contributed by atoms with Crippen molar-refractivity contribution in [2.45, 2.75) is 6.61 Å². The van der Waals surface area contributed by atoms with Crippen LogP contribution >= 0.6 is 23.2 Å².